The fourth-order valence-electron chi connectivity index (χ4n) is 3.66. The molecule has 0 saturated heterocycles. The molecule has 0 saturated carbocycles. The van der Waals surface area contributed by atoms with Crippen molar-refractivity contribution < 1.29 is 9.84 Å². The summed E-state index contributed by atoms with van der Waals surface area (Å²) in [5.41, 5.74) is 3.06. The number of ether oxygens (including phenoxy) is 1. The lowest BCUT2D eigenvalue weighted by atomic mass is 9.89. The molecule has 154 valence electrons. The first-order valence-electron chi connectivity index (χ1n) is 10.3. The Kier molecular flexibility index (Phi) is 7.88. The summed E-state index contributed by atoms with van der Waals surface area (Å²) in [7, 11) is 0. The summed E-state index contributed by atoms with van der Waals surface area (Å²) in [5.74, 6) is 0.382. The van der Waals surface area contributed by atoms with Crippen molar-refractivity contribution in [1.82, 2.24) is 0 Å². The van der Waals surface area contributed by atoms with Crippen LogP contribution in [-0.4, -0.2) is 30.4 Å². The molecule has 5 nitrogen and oxygen atoms in total. The molecule has 1 aromatic rings. The molecule has 0 radical (unpaired) electrons. The van der Waals surface area contributed by atoms with Gasteiger partial charge in [0.2, 0.25) is 0 Å². The smallest absolute Gasteiger partial charge is 0.152 e. The van der Waals surface area contributed by atoms with Crippen LogP contribution in [0.25, 0.3) is 5.57 Å². The number of hydrogen-bond donors (Lipinski definition) is 1. The second kappa shape index (κ2) is 10.1. The Bertz CT molecular complexity index is 852. The second-order valence-electron chi connectivity index (χ2n) is 7.86. The molecule has 0 aromatic heterocycles. The molecule has 0 aliphatic carbocycles. The SMILES string of the molecule is CCCCN(CCCCO)c1ccc(C2=C(C#N)/C(=C(/C)C#N)OC2(C)C)cc1. The number of hydrogen-bond acceptors (Lipinski definition) is 5. The van der Waals surface area contributed by atoms with Gasteiger partial charge < -0.3 is 14.7 Å². The summed E-state index contributed by atoms with van der Waals surface area (Å²) in [6.45, 7) is 9.82. The topological polar surface area (TPSA) is 80.3 Å². The number of anilines is 1. The van der Waals surface area contributed by atoms with E-state index in [0.717, 1.165) is 55.6 Å². The van der Waals surface area contributed by atoms with E-state index in [0.29, 0.717) is 16.9 Å². The zero-order chi connectivity index (χ0) is 21.4. The van der Waals surface area contributed by atoms with Crippen LogP contribution in [0.4, 0.5) is 5.69 Å². The van der Waals surface area contributed by atoms with Crippen molar-refractivity contribution >= 4 is 11.3 Å². The molecule has 1 N–H and O–H groups in total. The zero-order valence-electron chi connectivity index (χ0n) is 18.0. The highest BCUT2D eigenvalue weighted by Gasteiger charge is 2.39. The molecule has 1 aromatic carbocycles. The number of nitrogens with zero attached hydrogens (tertiary/aromatic N) is 3. The van der Waals surface area contributed by atoms with Crippen LogP contribution >= 0.6 is 0 Å². The largest absolute Gasteiger partial charge is 0.481 e. The Morgan fingerprint density at radius 2 is 1.76 bits per heavy atom. The average molecular weight is 394 g/mol. The van der Waals surface area contributed by atoms with Crippen LogP contribution in [0.2, 0.25) is 0 Å². The summed E-state index contributed by atoms with van der Waals surface area (Å²) in [4.78, 5) is 2.35. The molecule has 5 heteroatoms. The Balaban J connectivity index is 2.38. The van der Waals surface area contributed by atoms with Gasteiger partial charge in [0.1, 0.15) is 17.2 Å². The molecule has 0 spiro atoms. The van der Waals surface area contributed by atoms with Crippen LogP contribution in [0.1, 0.15) is 58.9 Å². The first-order chi connectivity index (χ1) is 13.9. The fourth-order valence-corrected chi connectivity index (χ4v) is 3.66. The van der Waals surface area contributed by atoms with Crippen molar-refractivity contribution in [2.45, 2.75) is 59.0 Å². The minimum absolute atomic E-state index is 0.221. The predicted octanol–water partition coefficient (Wildman–Crippen LogP) is 4.95. The number of aliphatic hydroxyl groups is 1. The molecular weight excluding hydrogens is 362 g/mol. The minimum atomic E-state index is -0.678. The van der Waals surface area contributed by atoms with Gasteiger partial charge in [0, 0.05) is 31.0 Å². The van der Waals surface area contributed by atoms with Crippen LogP contribution in [0.5, 0.6) is 0 Å². The van der Waals surface area contributed by atoms with Crippen LogP contribution < -0.4 is 4.90 Å². The first-order valence-corrected chi connectivity index (χ1v) is 10.3. The lowest BCUT2D eigenvalue weighted by Crippen LogP contribution is -2.26. The predicted molar refractivity (Wildman–Crippen MR) is 116 cm³/mol. The highest BCUT2D eigenvalue weighted by Crippen LogP contribution is 2.45. The third kappa shape index (κ3) is 5.19. The molecule has 29 heavy (non-hydrogen) atoms. The van der Waals surface area contributed by atoms with Crippen LogP contribution in [0, 0.1) is 22.7 Å². The maximum Gasteiger partial charge on any atom is 0.152 e. The van der Waals surface area contributed by atoms with Gasteiger partial charge in [-0.05, 0) is 57.7 Å². The lowest BCUT2D eigenvalue weighted by molar-refractivity contribution is 0.108. The number of benzene rings is 1. The standard InChI is InChI=1S/C24H31N3O2/c1-5-6-13-27(14-7-8-15-28)20-11-9-19(10-12-20)22-21(17-26)23(18(2)16-25)29-24(22,3)4/h9-12,28H,5-8,13-15H2,1-4H3/b23-18+. The highest BCUT2D eigenvalue weighted by atomic mass is 16.5. The monoisotopic (exact) mass is 393 g/mol. The molecule has 2 rings (SSSR count). The molecule has 1 aliphatic rings. The Labute approximate surface area is 174 Å². The van der Waals surface area contributed by atoms with E-state index >= 15 is 0 Å². The van der Waals surface area contributed by atoms with Gasteiger partial charge in [-0.25, -0.2) is 0 Å². The first kappa shape index (κ1) is 22.5. The third-order valence-corrected chi connectivity index (χ3v) is 5.20. The maximum absolute atomic E-state index is 9.75. The molecule has 0 unspecified atom stereocenters. The lowest BCUT2D eigenvalue weighted by Gasteiger charge is -2.26. The van der Waals surface area contributed by atoms with E-state index in [1.54, 1.807) is 6.92 Å². The minimum Gasteiger partial charge on any atom is -0.481 e. The van der Waals surface area contributed by atoms with Crippen molar-refractivity contribution in [3.05, 3.63) is 46.7 Å². The second-order valence-corrected chi connectivity index (χ2v) is 7.86. The summed E-state index contributed by atoms with van der Waals surface area (Å²) in [6.07, 6.45) is 4.01. The molecule has 0 fully saturated rings. The van der Waals surface area contributed by atoms with Gasteiger partial charge >= 0.3 is 0 Å². The Morgan fingerprint density at radius 1 is 1.10 bits per heavy atom. The number of unbranched alkanes of at least 4 members (excludes halogenated alkanes) is 2. The number of rotatable bonds is 9. The average Bonchev–Trinajstić information content (AvgIpc) is 3.00. The normalized spacial score (nSPS) is 16.8. The van der Waals surface area contributed by atoms with E-state index in [-0.39, 0.29) is 6.61 Å². The van der Waals surface area contributed by atoms with E-state index < -0.39 is 5.60 Å². The molecular formula is C24H31N3O2. The molecule has 0 bridgehead atoms. The highest BCUT2D eigenvalue weighted by molar-refractivity contribution is 5.84. The van der Waals surface area contributed by atoms with Gasteiger partial charge in [-0.15, -0.1) is 0 Å². The van der Waals surface area contributed by atoms with E-state index in [4.69, 9.17) is 9.84 Å². The number of allylic oxidation sites excluding steroid dienone is 2. The van der Waals surface area contributed by atoms with Gasteiger partial charge in [-0.1, -0.05) is 25.5 Å². The molecule has 0 atom stereocenters. The number of aliphatic hydroxyl groups excluding tert-OH is 1. The van der Waals surface area contributed by atoms with Crippen molar-refractivity contribution in [2.75, 3.05) is 24.6 Å². The van der Waals surface area contributed by atoms with Crippen molar-refractivity contribution in [3.8, 4) is 12.1 Å². The summed E-state index contributed by atoms with van der Waals surface area (Å²) >= 11 is 0. The van der Waals surface area contributed by atoms with Crippen molar-refractivity contribution in [1.29, 1.82) is 10.5 Å². The van der Waals surface area contributed by atoms with Crippen LogP contribution in [0.3, 0.4) is 0 Å². The Hall–Kier alpha value is -2.76. The molecule has 1 heterocycles. The maximum atomic E-state index is 9.75. The molecule has 1 aliphatic heterocycles. The summed E-state index contributed by atoms with van der Waals surface area (Å²) in [6, 6.07) is 12.6. The summed E-state index contributed by atoms with van der Waals surface area (Å²) < 4.78 is 5.99. The van der Waals surface area contributed by atoms with Crippen LogP contribution in [0.15, 0.2) is 41.2 Å². The Morgan fingerprint density at radius 3 is 2.31 bits per heavy atom. The third-order valence-electron chi connectivity index (χ3n) is 5.20. The quantitative estimate of drug-likeness (QED) is 0.474. The van der Waals surface area contributed by atoms with Crippen LogP contribution in [-0.2, 0) is 4.74 Å². The van der Waals surface area contributed by atoms with E-state index in [1.165, 1.54) is 0 Å². The number of nitriles is 2. The van der Waals surface area contributed by atoms with Gasteiger partial charge in [0.15, 0.2) is 5.76 Å². The van der Waals surface area contributed by atoms with Crippen molar-refractivity contribution in [3.63, 3.8) is 0 Å². The van der Waals surface area contributed by atoms with Gasteiger partial charge in [0.25, 0.3) is 0 Å². The van der Waals surface area contributed by atoms with E-state index in [1.807, 2.05) is 26.0 Å². The van der Waals surface area contributed by atoms with Gasteiger partial charge in [0.05, 0.1) is 11.6 Å². The van der Waals surface area contributed by atoms with Gasteiger partial charge in [-0.3, -0.25) is 0 Å². The summed E-state index contributed by atoms with van der Waals surface area (Å²) in [5, 5.41) is 28.1. The zero-order valence-corrected chi connectivity index (χ0v) is 18.0. The van der Waals surface area contributed by atoms with Crippen molar-refractivity contribution in [2.24, 2.45) is 0 Å². The van der Waals surface area contributed by atoms with E-state index in [2.05, 4.69) is 36.1 Å². The fraction of sp³-hybridized carbons (Fsp3) is 0.500. The van der Waals surface area contributed by atoms with Gasteiger partial charge in [-0.2, -0.15) is 10.5 Å². The van der Waals surface area contributed by atoms with E-state index in [9.17, 15) is 10.5 Å². The molecule has 0 amide bonds.